The largest absolute Gasteiger partial charge is 0.512 e. The Bertz CT molecular complexity index is 1860. The van der Waals surface area contributed by atoms with E-state index in [0.29, 0.717) is 5.92 Å². The fourth-order valence-electron chi connectivity index (χ4n) is 6.38. The number of carbonyl (C=O) groups excluding carboxylic acids is 1. The van der Waals surface area contributed by atoms with Crippen LogP contribution in [0.15, 0.2) is 83.6 Å². The normalized spacial score (nSPS) is 12.0. The van der Waals surface area contributed by atoms with E-state index < -0.39 is 0 Å². The molecule has 3 heterocycles. The van der Waals surface area contributed by atoms with Crippen LogP contribution in [0.3, 0.4) is 0 Å². The third kappa shape index (κ3) is 9.77. The average Bonchev–Trinajstić information content (AvgIpc) is 3.47. The van der Waals surface area contributed by atoms with E-state index in [1.165, 1.54) is 22.6 Å². The van der Waals surface area contributed by atoms with Crippen LogP contribution >= 0.6 is 0 Å². The van der Waals surface area contributed by atoms with Gasteiger partial charge in [0, 0.05) is 67.1 Å². The van der Waals surface area contributed by atoms with Gasteiger partial charge in [-0.25, -0.2) is 0 Å². The summed E-state index contributed by atoms with van der Waals surface area (Å²) in [6.07, 6.45) is 13.4. The number of pyridine rings is 2. The summed E-state index contributed by atoms with van der Waals surface area (Å²) in [4.78, 5) is 20.9. The molecule has 5 aromatic rings. The van der Waals surface area contributed by atoms with Gasteiger partial charge in [0.15, 0.2) is 11.4 Å². The number of ketones is 1. The second kappa shape index (κ2) is 17.9. The van der Waals surface area contributed by atoms with E-state index in [-0.39, 0.29) is 48.9 Å². The summed E-state index contributed by atoms with van der Waals surface area (Å²) in [6, 6.07) is 18.5. The fourth-order valence-corrected chi connectivity index (χ4v) is 6.38. The van der Waals surface area contributed by atoms with Crippen LogP contribution in [-0.4, -0.2) is 20.9 Å². The molecule has 263 valence electrons. The fraction of sp³-hybridized carbons (Fsp3) is 0.419. The van der Waals surface area contributed by atoms with Crippen LogP contribution < -0.4 is 0 Å². The van der Waals surface area contributed by atoms with Crippen molar-refractivity contribution in [2.75, 3.05) is 0 Å². The molecule has 3 aromatic heterocycles. The number of benzene rings is 2. The van der Waals surface area contributed by atoms with Crippen molar-refractivity contribution in [1.82, 2.24) is 9.97 Å². The molecule has 49 heavy (non-hydrogen) atoms. The number of fused-ring (bicyclic) bond motifs is 2. The summed E-state index contributed by atoms with van der Waals surface area (Å²) in [5.74, 6) is 1.09. The minimum Gasteiger partial charge on any atom is -0.512 e. The Kier molecular flexibility index (Phi) is 14.5. The number of hydrogen-bond donors (Lipinski definition) is 1. The van der Waals surface area contributed by atoms with Gasteiger partial charge in [0.1, 0.15) is 0 Å². The van der Waals surface area contributed by atoms with Gasteiger partial charge in [-0.2, -0.15) is 0 Å². The number of aliphatic hydroxyl groups is 1. The first-order valence-electron chi connectivity index (χ1n) is 17.6. The molecule has 0 amide bonds. The van der Waals surface area contributed by atoms with Gasteiger partial charge in [0.25, 0.3) is 0 Å². The zero-order valence-corrected chi connectivity index (χ0v) is 33.1. The Morgan fingerprint density at radius 2 is 1.63 bits per heavy atom. The topological polar surface area (TPSA) is 76.2 Å². The molecule has 5 nitrogen and oxygen atoms in total. The number of allylic oxidation sites excluding steroid dienone is 2. The zero-order valence-electron chi connectivity index (χ0n) is 30.7. The molecule has 2 aromatic carbocycles. The summed E-state index contributed by atoms with van der Waals surface area (Å²) in [6.45, 7) is 19.3. The zero-order chi connectivity index (χ0) is 35.0. The summed E-state index contributed by atoms with van der Waals surface area (Å²) >= 11 is 0. The number of rotatable bonds is 11. The van der Waals surface area contributed by atoms with Crippen LogP contribution in [-0.2, 0) is 36.7 Å². The van der Waals surface area contributed by atoms with Crippen LogP contribution in [0, 0.1) is 23.8 Å². The molecule has 0 saturated heterocycles. The summed E-state index contributed by atoms with van der Waals surface area (Å²) in [5.41, 5.74) is 7.46. The van der Waals surface area contributed by atoms with Crippen molar-refractivity contribution in [3.63, 3.8) is 0 Å². The van der Waals surface area contributed by atoms with Crippen molar-refractivity contribution in [2.45, 2.75) is 99.8 Å². The number of nitrogens with zero attached hydrogens (tertiary/aromatic N) is 2. The van der Waals surface area contributed by atoms with E-state index in [9.17, 15) is 9.90 Å². The number of furan rings is 1. The maximum atomic E-state index is 11.7. The third-order valence-electron chi connectivity index (χ3n) is 9.20. The predicted molar refractivity (Wildman–Crippen MR) is 200 cm³/mol. The molecular weight excluding hydrogens is 785 g/mol. The van der Waals surface area contributed by atoms with E-state index in [2.05, 4.69) is 88.1 Å². The molecule has 0 fully saturated rings. The van der Waals surface area contributed by atoms with Crippen molar-refractivity contribution < 1.29 is 34.4 Å². The van der Waals surface area contributed by atoms with E-state index in [4.69, 9.17) is 9.40 Å². The number of aliphatic hydroxyl groups excluding tert-OH is 1. The van der Waals surface area contributed by atoms with Gasteiger partial charge in [-0.1, -0.05) is 97.5 Å². The van der Waals surface area contributed by atoms with Gasteiger partial charge in [-0.15, -0.1) is 29.1 Å². The molecule has 0 aliphatic carbocycles. The Morgan fingerprint density at radius 3 is 2.27 bits per heavy atom. The molecule has 6 heteroatoms. The number of carbonyl (C=O) groups is 1. The molecule has 0 aliphatic heterocycles. The first-order chi connectivity index (χ1) is 22.9. The third-order valence-corrected chi connectivity index (χ3v) is 9.20. The van der Waals surface area contributed by atoms with E-state index in [0.717, 1.165) is 70.8 Å². The molecule has 0 saturated carbocycles. The summed E-state index contributed by atoms with van der Waals surface area (Å²) < 4.78 is 5.84. The van der Waals surface area contributed by atoms with E-state index in [1.807, 2.05) is 46.4 Å². The monoisotopic (exact) mass is 838 g/mol. The van der Waals surface area contributed by atoms with Crippen molar-refractivity contribution in [2.24, 2.45) is 17.8 Å². The molecule has 1 N–H and O–H groups in total. The molecular formula is C43H53IrN2O3-. The number of aromatic nitrogens is 2. The second-order valence-corrected chi connectivity index (χ2v) is 14.2. The van der Waals surface area contributed by atoms with Gasteiger partial charge >= 0.3 is 0 Å². The summed E-state index contributed by atoms with van der Waals surface area (Å²) in [7, 11) is 0. The average molecular weight is 838 g/mol. The Balaban J connectivity index is 0.000000347. The first kappa shape index (κ1) is 39.8. The molecule has 5 rings (SSSR count). The van der Waals surface area contributed by atoms with Gasteiger partial charge < -0.3 is 9.52 Å². The number of hydrogen-bond acceptors (Lipinski definition) is 5. The van der Waals surface area contributed by atoms with Gasteiger partial charge in [-0.3, -0.25) is 14.8 Å². The molecule has 0 atom stereocenters. The smallest absolute Gasteiger partial charge is 0.162 e. The molecule has 0 aliphatic rings. The minimum atomic E-state index is 0. The van der Waals surface area contributed by atoms with Crippen molar-refractivity contribution in [1.29, 1.82) is 0 Å². The standard InChI is InChI=1S/C30H29N2O.C13H24O2.Ir/c1-19(2)12-23-18-33-28-17-31-16-25(29(23)28)21-10-11-32-27(15-21)22-13-20-8-6-7-9-24(20)26(14-22)30(3,4)5;1-5-10(6-2)12(14)9-13(15)11(7-3)8-4;/h6-11,14-19H,12H2,1-5H3;9-11,14H,5-8H2,1-4H3;/q-1;;/b;12-9-;. The maximum Gasteiger partial charge on any atom is 0.162 e. The van der Waals surface area contributed by atoms with Gasteiger partial charge in [0.05, 0.1) is 18.2 Å². The Hall–Kier alpha value is -3.60. The molecule has 1 radical (unpaired) electrons. The molecule has 0 unspecified atom stereocenters. The van der Waals surface area contributed by atoms with Crippen LogP contribution in [0.1, 0.15) is 99.1 Å². The quantitative estimate of drug-likeness (QED) is 0.0815. The first-order valence-corrected chi connectivity index (χ1v) is 17.6. The minimum absolute atomic E-state index is 0. The second-order valence-electron chi connectivity index (χ2n) is 14.2. The van der Waals surface area contributed by atoms with E-state index >= 15 is 0 Å². The van der Waals surface area contributed by atoms with Crippen LogP contribution in [0.25, 0.3) is 44.1 Å². The van der Waals surface area contributed by atoms with Crippen molar-refractivity contribution in [3.05, 3.63) is 96.3 Å². The molecule has 0 bridgehead atoms. The van der Waals surface area contributed by atoms with Crippen molar-refractivity contribution in [3.8, 4) is 22.4 Å². The van der Waals surface area contributed by atoms with Crippen LogP contribution in [0.5, 0.6) is 0 Å². The van der Waals surface area contributed by atoms with Crippen LogP contribution in [0.4, 0.5) is 0 Å². The Morgan fingerprint density at radius 1 is 0.959 bits per heavy atom. The molecule has 0 spiro atoms. The van der Waals surface area contributed by atoms with Crippen molar-refractivity contribution >= 4 is 27.5 Å². The van der Waals surface area contributed by atoms with Gasteiger partial charge in [0.2, 0.25) is 0 Å². The SMILES string of the molecule is CC(C)Cc1coc2cncc(-c3ccnc(-c4[c-]c5ccccc5c(C(C)(C)C)c4)c3)c12.CCC(CC)C(=O)/C=C(\O)C(CC)CC.[Ir]. The predicted octanol–water partition coefficient (Wildman–Crippen LogP) is 11.9. The summed E-state index contributed by atoms with van der Waals surface area (Å²) in [5, 5.41) is 13.3. The Labute approximate surface area is 307 Å². The maximum absolute atomic E-state index is 11.7. The van der Waals surface area contributed by atoms with E-state index in [1.54, 1.807) is 6.20 Å². The van der Waals surface area contributed by atoms with Gasteiger partial charge in [-0.05, 0) is 60.6 Å². The van der Waals surface area contributed by atoms with Crippen LogP contribution in [0.2, 0.25) is 0 Å².